The average Bonchev–Trinajstić information content (AvgIpc) is 3.48. The summed E-state index contributed by atoms with van der Waals surface area (Å²) in [6.07, 6.45) is 3.70. The van der Waals surface area contributed by atoms with Gasteiger partial charge in [-0.1, -0.05) is 44.0 Å². The Balaban J connectivity index is 2.43. The molecule has 0 radical (unpaired) electrons. The molecule has 2 rings (SSSR count). The molecule has 1 fully saturated rings. The van der Waals surface area contributed by atoms with Crippen molar-refractivity contribution in [3.05, 3.63) is 35.4 Å². The van der Waals surface area contributed by atoms with Crippen molar-refractivity contribution < 1.29 is 23.9 Å². The molecule has 142 valence electrons. The molecule has 1 aromatic carbocycles. The van der Waals surface area contributed by atoms with Crippen molar-refractivity contribution in [3.63, 3.8) is 0 Å². The zero-order valence-electron chi connectivity index (χ0n) is 15.9. The SMILES string of the molecule is CCCCC(C(=O)OCC)(C(=O)OCC)c1ccc(C(=O)C2CC2)cc1. The largest absolute Gasteiger partial charge is 0.465 e. The van der Waals surface area contributed by atoms with Gasteiger partial charge in [0.05, 0.1) is 13.2 Å². The van der Waals surface area contributed by atoms with Gasteiger partial charge in [0.2, 0.25) is 0 Å². The number of hydrogen-bond acceptors (Lipinski definition) is 5. The molecule has 26 heavy (non-hydrogen) atoms. The Labute approximate surface area is 155 Å². The van der Waals surface area contributed by atoms with Crippen LogP contribution in [0.15, 0.2) is 24.3 Å². The number of hydrogen-bond donors (Lipinski definition) is 0. The summed E-state index contributed by atoms with van der Waals surface area (Å²) in [6, 6.07) is 6.79. The number of benzene rings is 1. The smallest absolute Gasteiger partial charge is 0.328 e. The maximum atomic E-state index is 12.8. The number of carbonyl (C=O) groups is 3. The molecule has 1 aliphatic rings. The van der Waals surface area contributed by atoms with Crippen LogP contribution in [0.3, 0.4) is 0 Å². The lowest BCUT2D eigenvalue weighted by Gasteiger charge is -2.29. The van der Waals surface area contributed by atoms with Crippen molar-refractivity contribution >= 4 is 17.7 Å². The van der Waals surface area contributed by atoms with E-state index < -0.39 is 17.4 Å². The lowest BCUT2D eigenvalue weighted by Crippen LogP contribution is -2.46. The average molecular weight is 360 g/mol. The van der Waals surface area contributed by atoms with Gasteiger partial charge in [0, 0.05) is 11.5 Å². The van der Waals surface area contributed by atoms with Crippen molar-refractivity contribution in [2.24, 2.45) is 5.92 Å². The van der Waals surface area contributed by atoms with Gasteiger partial charge in [-0.2, -0.15) is 0 Å². The minimum Gasteiger partial charge on any atom is -0.465 e. The van der Waals surface area contributed by atoms with E-state index in [1.54, 1.807) is 38.1 Å². The Morgan fingerprint density at radius 2 is 1.50 bits per heavy atom. The first-order valence-corrected chi connectivity index (χ1v) is 9.50. The van der Waals surface area contributed by atoms with E-state index in [0.717, 1.165) is 19.3 Å². The second-order valence-electron chi connectivity index (χ2n) is 6.67. The second-order valence-corrected chi connectivity index (χ2v) is 6.67. The Kier molecular flexibility index (Phi) is 6.95. The molecule has 0 amide bonds. The maximum absolute atomic E-state index is 12.8. The monoisotopic (exact) mass is 360 g/mol. The van der Waals surface area contributed by atoms with E-state index in [9.17, 15) is 14.4 Å². The molecule has 0 spiro atoms. The van der Waals surface area contributed by atoms with Gasteiger partial charge in [-0.25, -0.2) is 0 Å². The predicted molar refractivity (Wildman–Crippen MR) is 98.0 cm³/mol. The highest BCUT2D eigenvalue weighted by atomic mass is 16.6. The minimum atomic E-state index is -1.48. The highest BCUT2D eigenvalue weighted by Gasteiger charge is 2.50. The van der Waals surface area contributed by atoms with E-state index in [1.165, 1.54) is 0 Å². The first-order valence-electron chi connectivity index (χ1n) is 9.50. The Hall–Kier alpha value is -2.17. The molecule has 1 aromatic rings. The fraction of sp³-hybridized carbons (Fsp3) is 0.571. The molecule has 0 heterocycles. The molecule has 1 saturated carbocycles. The van der Waals surface area contributed by atoms with Crippen LogP contribution in [-0.4, -0.2) is 30.9 Å². The third-order valence-corrected chi connectivity index (χ3v) is 4.76. The normalized spacial score (nSPS) is 14.0. The van der Waals surface area contributed by atoms with Crippen molar-refractivity contribution in [2.45, 2.75) is 58.3 Å². The molecule has 0 unspecified atom stereocenters. The summed E-state index contributed by atoms with van der Waals surface area (Å²) in [6.45, 7) is 5.79. The van der Waals surface area contributed by atoms with Crippen LogP contribution in [0.4, 0.5) is 0 Å². The lowest BCUT2D eigenvalue weighted by molar-refractivity contribution is -0.165. The summed E-state index contributed by atoms with van der Waals surface area (Å²) in [4.78, 5) is 37.9. The van der Waals surface area contributed by atoms with Crippen molar-refractivity contribution in [1.82, 2.24) is 0 Å². The van der Waals surface area contributed by atoms with Crippen LogP contribution < -0.4 is 0 Å². The molecule has 1 aliphatic carbocycles. The molecule has 0 atom stereocenters. The third-order valence-electron chi connectivity index (χ3n) is 4.76. The molecular weight excluding hydrogens is 332 g/mol. The molecule has 0 aromatic heterocycles. The first kappa shape index (κ1) is 20.1. The standard InChI is InChI=1S/C21H28O5/c1-4-7-14-21(19(23)25-5-2,20(24)26-6-3)17-12-10-16(11-13-17)18(22)15-8-9-15/h10-13,15H,4-9,14H2,1-3H3. The molecule has 0 N–H and O–H groups in total. The highest BCUT2D eigenvalue weighted by Crippen LogP contribution is 2.36. The Morgan fingerprint density at radius 3 is 1.92 bits per heavy atom. The summed E-state index contributed by atoms with van der Waals surface area (Å²) < 4.78 is 10.5. The van der Waals surface area contributed by atoms with Gasteiger partial charge in [0.25, 0.3) is 0 Å². The van der Waals surface area contributed by atoms with Gasteiger partial charge in [-0.15, -0.1) is 0 Å². The van der Waals surface area contributed by atoms with Gasteiger partial charge in [-0.05, 0) is 38.7 Å². The van der Waals surface area contributed by atoms with Crippen LogP contribution >= 0.6 is 0 Å². The summed E-state index contributed by atoms with van der Waals surface area (Å²) in [7, 11) is 0. The van der Waals surface area contributed by atoms with E-state index in [2.05, 4.69) is 0 Å². The number of unbranched alkanes of at least 4 members (excludes halogenated alkanes) is 1. The summed E-state index contributed by atoms with van der Waals surface area (Å²) in [5.41, 5.74) is -0.341. The number of ether oxygens (including phenoxy) is 2. The van der Waals surface area contributed by atoms with Crippen molar-refractivity contribution in [1.29, 1.82) is 0 Å². The highest BCUT2D eigenvalue weighted by molar-refractivity contribution is 6.06. The fourth-order valence-corrected chi connectivity index (χ4v) is 3.12. The first-order chi connectivity index (χ1) is 12.5. The quantitative estimate of drug-likeness (QED) is 0.360. The number of Topliss-reactive ketones (excluding diaryl/α,β-unsaturated/α-hetero) is 1. The minimum absolute atomic E-state index is 0.126. The van der Waals surface area contributed by atoms with Gasteiger partial charge >= 0.3 is 11.9 Å². The van der Waals surface area contributed by atoms with Gasteiger partial charge in [-0.3, -0.25) is 14.4 Å². The van der Waals surface area contributed by atoms with Crippen LogP contribution in [-0.2, 0) is 24.5 Å². The van der Waals surface area contributed by atoms with E-state index in [-0.39, 0.29) is 24.9 Å². The number of esters is 2. The van der Waals surface area contributed by atoms with Crippen LogP contribution in [0.2, 0.25) is 0 Å². The molecule has 0 aliphatic heterocycles. The summed E-state index contributed by atoms with van der Waals surface area (Å²) >= 11 is 0. The third kappa shape index (κ3) is 4.14. The fourth-order valence-electron chi connectivity index (χ4n) is 3.12. The zero-order chi connectivity index (χ0) is 19.2. The van der Waals surface area contributed by atoms with Crippen molar-refractivity contribution in [2.75, 3.05) is 13.2 Å². The van der Waals surface area contributed by atoms with E-state index in [4.69, 9.17) is 9.47 Å². The number of ketones is 1. The van der Waals surface area contributed by atoms with E-state index in [0.29, 0.717) is 24.0 Å². The van der Waals surface area contributed by atoms with Crippen LogP contribution in [0, 0.1) is 5.92 Å². The topological polar surface area (TPSA) is 69.7 Å². The van der Waals surface area contributed by atoms with Crippen LogP contribution in [0.1, 0.15) is 68.8 Å². The van der Waals surface area contributed by atoms with Gasteiger partial charge in [0.1, 0.15) is 0 Å². The maximum Gasteiger partial charge on any atom is 0.328 e. The van der Waals surface area contributed by atoms with Gasteiger partial charge in [0.15, 0.2) is 11.2 Å². The molecule has 5 nitrogen and oxygen atoms in total. The number of rotatable bonds is 10. The van der Waals surface area contributed by atoms with Crippen LogP contribution in [0.25, 0.3) is 0 Å². The molecule has 5 heteroatoms. The lowest BCUT2D eigenvalue weighted by atomic mass is 9.75. The summed E-state index contributed by atoms with van der Waals surface area (Å²) in [5, 5.41) is 0. The van der Waals surface area contributed by atoms with Crippen LogP contribution in [0.5, 0.6) is 0 Å². The predicted octanol–water partition coefficient (Wildman–Crippen LogP) is 3.83. The Bertz CT molecular complexity index is 625. The van der Waals surface area contributed by atoms with E-state index in [1.807, 2.05) is 6.92 Å². The van der Waals surface area contributed by atoms with Gasteiger partial charge < -0.3 is 9.47 Å². The zero-order valence-corrected chi connectivity index (χ0v) is 15.9. The molecular formula is C21H28O5. The van der Waals surface area contributed by atoms with E-state index >= 15 is 0 Å². The van der Waals surface area contributed by atoms with Crippen molar-refractivity contribution in [3.8, 4) is 0 Å². The number of carbonyl (C=O) groups excluding carboxylic acids is 3. The molecule has 0 bridgehead atoms. The molecule has 0 saturated heterocycles. The Morgan fingerprint density at radius 1 is 0.962 bits per heavy atom. The second kappa shape index (κ2) is 8.97. The summed E-state index contributed by atoms with van der Waals surface area (Å²) in [5.74, 6) is -0.926.